The molecule has 0 bridgehead atoms. The predicted molar refractivity (Wildman–Crippen MR) is 265 cm³/mol. The Kier molecular flexibility index (Phi) is 19.0. The number of rotatable bonds is 26. The van der Waals surface area contributed by atoms with E-state index in [9.17, 15) is 0 Å². The molecule has 1 aromatic heterocycles. The molecule has 0 fully saturated rings. The molecule has 7 heteroatoms. The molecule has 0 N–H and O–H groups in total. The molecule has 0 spiro atoms. The number of hydrogen-bond acceptors (Lipinski definition) is 2. The van der Waals surface area contributed by atoms with Crippen molar-refractivity contribution < 1.29 is 8.81 Å². The third-order valence-corrected chi connectivity index (χ3v) is 29.3. The fraction of sp³-hybridized carbons (Fsp3) is 0.490. The first-order valence-corrected chi connectivity index (χ1v) is 30.9. The highest BCUT2D eigenvalue weighted by atomic mass is 31.2. The standard InChI is InChI=1S/C51H74FNOP2Si2/c1-8-14-37-57(38-15-9-2,39-16-10-3)46-31-27-44(28-32-46)55(49-25-21-20-24-48(49)52)53(7)56(50-26-22-23-43-35-36-54-51(43)50)45-29-33-47(34-30-45)58(40-17-11-4,41-18-12-5)42-19-13-6/h20-36H,8-19,37-42H2,1-7H3. The van der Waals surface area contributed by atoms with Crippen molar-refractivity contribution in [1.82, 2.24) is 4.44 Å². The molecule has 2 nitrogen and oxygen atoms in total. The number of para-hydroxylation sites is 1. The van der Waals surface area contributed by atoms with E-state index in [0.717, 1.165) is 16.3 Å². The van der Waals surface area contributed by atoms with Crippen molar-refractivity contribution in [3.63, 3.8) is 0 Å². The molecule has 0 aliphatic heterocycles. The summed E-state index contributed by atoms with van der Waals surface area (Å²) < 4.78 is 25.2. The predicted octanol–water partition coefficient (Wildman–Crippen LogP) is 14.0. The van der Waals surface area contributed by atoms with Crippen LogP contribution in [0.3, 0.4) is 0 Å². The van der Waals surface area contributed by atoms with E-state index in [4.69, 9.17) is 4.42 Å². The molecule has 0 amide bonds. The van der Waals surface area contributed by atoms with Crippen LogP contribution in [0.2, 0.25) is 36.3 Å². The van der Waals surface area contributed by atoms with Crippen molar-refractivity contribution in [2.75, 3.05) is 7.05 Å². The van der Waals surface area contributed by atoms with E-state index >= 15 is 4.39 Å². The van der Waals surface area contributed by atoms with Crippen LogP contribution < -0.4 is 31.6 Å². The Labute approximate surface area is 357 Å². The monoisotopic (exact) mass is 853 g/mol. The number of furan rings is 1. The summed E-state index contributed by atoms with van der Waals surface area (Å²) in [4.78, 5) is 0. The second-order valence-electron chi connectivity index (χ2n) is 17.0. The Morgan fingerprint density at radius 1 is 0.483 bits per heavy atom. The topological polar surface area (TPSA) is 16.4 Å². The van der Waals surface area contributed by atoms with Gasteiger partial charge in [0.05, 0.1) is 22.4 Å². The van der Waals surface area contributed by atoms with Crippen molar-refractivity contribution in [2.45, 2.75) is 155 Å². The summed E-state index contributed by atoms with van der Waals surface area (Å²) in [5.41, 5.74) is 0.944. The van der Waals surface area contributed by atoms with Crippen molar-refractivity contribution in [3.8, 4) is 0 Å². The van der Waals surface area contributed by atoms with Gasteiger partial charge in [-0.1, -0.05) is 238 Å². The van der Waals surface area contributed by atoms with Gasteiger partial charge in [0, 0.05) is 32.1 Å². The van der Waals surface area contributed by atoms with Gasteiger partial charge in [0.25, 0.3) is 0 Å². The summed E-state index contributed by atoms with van der Waals surface area (Å²) >= 11 is 0. The summed E-state index contributed by atoms with van der Waals surface area (Å²) in [7, 11) is -3.43. The van der Waals surface area contributed by atoms with Crippen LogP contribution >= 0.6 is 16.1 Å². The van der Waals surface area contributed by atoms with Gasteiger partial charge in [-0.3, -0.25) is 0 Å². The largest absolute Gasteiger partial charge is 0.464 e. The van der Waals surface area contributed by atoms with Crippen LogP contribution in [0.5, 0.6) is 0 Å². The Bertz CT molecular complexity index is 1890. The van der Waals surface area contributed by atoms with Crippen LogP contribution in [-0.4, -0.2) is 27.6 Å². The lowest BCUT2D eigenvalue weighted by Gasteiger charge is -2.37. The smallest absolute Gasteiger partial charge is 0.143 e. The van der Waals surface area contributed by atoms with Crippen LogP contribution in [0.15, 0.2) is 108 Å². The second-order valence-corrected chi connectivity index (χ2v) is 31.0. The van der Waals surface area contributed by atoms with E-state index in [1.165, 1.54) is 129 Å². The molecule has 2 unspecified atom stereocenters. The van der Waals surface area contributed by atoms with Crippen LogP contribution in [0, 0.1) is 5.82 Å². The molecule has 4 aromatic carbocycles. The molecule has 1 heterocycles. The molecule has 0 saturated heterocycles. The number of nitrogens with zero attached hydrogens (tertiary/aromatic N) is 1. The van der Waals surface area contributed by atoms with Gasteiger partial charge in [-0.25, -0.2) is 8.83 Å². The Morgan fingerprint density at radius 2 is 0.879 bits per heavy atom. The molecule has 58 heavy (non-hydrogen) atoms. The lowest BCUT2D eigenvalue weighted by molar-refractivity contribution is 0.618. The Morgan fingerprint density at radius 3 is 1.29 bits per heavy atom. The van der Waals surface area contributed by atoms with Crippen molar-refractivity contribution >= 4 is 74.9 Å². The summed E-state index contributed by atoms with van der Waals surface area (Å²) in [6.45, 7) is 14.1. The number of benzene rings is 4. The number of hydrogen-bond donors (Lipinski definition) is 0. The van der Waals surface area contributed by atoms with E-state index in [2.05, 4.69) is 126 Å². The molecule has 2 atom stereocenters. The molecule has 314 valence electrons. The SMILES string of the molecule is CCCC[Si](CCCC)(CCCC)c1ccc(P(c2ccccc2F)N(C)P(c2ccc([Si](CCCC)(CCCC)CCCC)cc2)c2cccc3ccoc23)cc1. The molecule has 5 aromatic rings. The lowest BCUT2D eigenvalue weighted by atomic mass is 10.3. The Balaban J connectivity index is 1.66. The summed E-state index contributed by atoms with van der Waals surface area (Å²) in [6, 6.07) is 44.2. The average molecular weight is 854 g/mol. The minimum Gasteiger partial charge on any atom is -0.464 e. The van der Waals surface area contributed by atoms with Crippen LogP contribution in [0.25, 0.3) is 11.0 Å². The van der Waals surface area contributed by atoms with E-state index in [1.54, 1.807) is 16.4 Å². The summed E-state index contributed by atoms with van der Waals surface area (Å²) in [5.74, 6) is -0.123. The maximum absolute atomic E-state index is 16.3. The highest BCUT2D eigenvalue weighted by molar-refractivity contribution is 7.84. The molecular formula is C51H74FNOP2Si2. The van der Waals surface area contributed by atoms with Gasteiger partial charge < -0.3 is 4.42 Å². The first-order valence-electron chi connectivity index (χ1n) is 23.1. The average Bonchev–Trinajstić information content (AvgIpc) is 3.75. The molecular weight excluding hydrogens is 780 g/mol. The molecule has 0 aliphatic carbocycles. The first-order chi connectivity index (χ1) is 28.3. The lowest BCUT2D eigenvalue weighted by Crippen LogP contribution is -2.48. The van der Waals surface area contributed by atoms with Crippen molar-refractivity contribution in [2.24, 2.45) is 0 Å². The number of halogens is 1. The number of fused-ring (bicyclic) bond motifs is 1. The first kappa shape index (κ1) is 46.7. The van der Waals surface area contributed by atoms with Crippen LogP contribution in [0.4, 0.5) is 4.39 Å². The van der Waals surface area contributed by atoms with Crippen LogP contribution in [-0.2, 0) is 0 Å². The zero-order valence-electron chi connectivity index (χ0n) is 37.2. The zero-order valence-corrected chi connectivity index (χ0v) is 41.0. The van der Waals surface area contributed by atoms with Gasteiger partial charge in [0.1, 0.15) is 11.4 Å². The highest BCUT2D eigenvalue weighted by Crippen LogP contribution is 2.54. The molecule has 0 saturated carbocycles. The summed E-state index contributed by atoms with van der Waals surface area (Å²) in [6.07, 6.45) is 17.3. The minimum absolute atomic E-state index is 0.123. The fourth-order valence-electron chi connectivity index (χ4n) is 9.40. The van der Waals surface area contributed by atoms with Crippen molar-refractivity contribution in [3.05, 3.63) is 109 Å². The van der Waals surface area contributed by atoms with Gasteiger partial charge in [-0.05, 0) is 41.9 Å². The third kappa shape index (κ3) is 11.3. The van der Waals surface area contributed by atoms with E-state index in [1.807, 2.05) is 24.5 Å². The quantitative estimate of drug-likeness (QED) is 0.0407. The molecule has 0 radical (unpaired) electrons. The maximum Gasteiger partial charge on any atom is 0.143 e. The minimum atomic E-state index is -1.69. The second kappa shape index (κ2) is 23.6. The van der Waals surface area contributed by atoms with Gasteiger partial charge >= 0.3 is 0 Å². The molecule has 0 aliphatic rings. The maximum atomic E-state index is 16.3. The highest BCUT2D eigenvalue weighted by Gasteiger charge is 2.37. The van der Waals surface area contributed by atoms with E-state index < -0.39 is 32.3 Å². The van der Waals surface area contributed by atoms with E-state index in [-0.39, 0.29) is 5.82 Å². The van der Waals surface area contributed by atoms with Gasteiger partial charge in [-0.15, -0.1) is 0 Å². The normalized spacial score (nSPS) is 13.4. The number of unbranched alkanes of at least 4 members (excludes halogenated alkanes) is 6. The van der Waals surface area contributed by atoms with Gasteiger partial charge in [0.15, 0.2) is 0 Å². The third-order valence-electron chi connectivity index (χ3n) is 12.8. The van der Waals surface area contributed by atoms with Crippen molar-refractivity contribution in [1.29, 1.82) is 0 Å². The fourth-order valence-corrected chi connectivity index (χ4v) is 26.3. The van der Waals surface area contributed by atoms with Crippen LogP contribution in [0.1, 0.15) is 119 Å². The van der Waals surface area contributed by atoms with Gasteiger partial charge in [-0.2, -0.15) is 0 Å². The zero-order chi connectivity index (χ0) is 41.4. The van der Waals surface area contributed by atoms with Gasteiger partial charge in [0.2, 0.25) is 0 Å². The Hall–Kier alpha value is -2.40. The van der Waals surface area contributed by atoms with E-state index in [0.29, 0.717) is 0 Å². The summed E-state index contributed by atoms with van der Waals surface area (Å²) in [5, 5.41) is 8.88. The molecule has 5 rings (SSSR count).